The predicted octanol–water partition coefficient (Wildman–Crippen LogP) is 4.61. The van der Waals surface area contributed by atoms with Crippen molar-refractivity contribution in [2.45, 2.75) is 50.9 Å². The topological polar surface area (TPSA) is 88.9 Å². The lowest BCUT2D eigenvalue weighted by Gasteiger charge is -2.43. The van der Waals surface area contributed by atoms with Crippen LogP contribution in [-0.4, -0.2) is 34.1 Å². The maximum atomic E-state index is 10.7. The molecule has 0 unspecified atom stereocenters. The third kappa shape index (κ3) is 5.26. The van der Waals surface area contributed by atoms with Crippen LogP contribution in [0, 0.1) is 5.92 Å². The highest BCUT2D eigenvalue weighted by Crippen LogP contribution is 2.43. The number of hydrogen-bond acceptors (Lipinski definition) is 5. The number of benzene rings is 1. The van der Waals surface area contributed by atoms with E-state index in [1.807, 2.05) is 42.6 Å². The number of aliphatic carboxylic acids is 1. The first-order valence-corrected chi connectivity index (χ1v) is 10.2. The Kier molecular flexibility index (Phi) is 7.24. The molecule has 1 aromatic heterocycles. The number of allylic oxidation sites excluding steroid dienone is 2. The van der Waals surface area contributed by atoms with Crippen molar-refractivity contribution < 1.29 is 24.5 Å². The van der Waals surface area contributed by atoms with Crippen LogP contribution in [0.1, 0.15) is 50.3 Å². The van der Waals surface area contributed by atoms with E-state index in [9.17, 15) is 9.90 Å². The molecule has 1 aliphatic rings. The summed E-state index contributed by atoms with van der Waals surface area (Å²) in [6.45, 7) is 4.59. The van der Waals surface area contributed by atoms with E-state index < -0.39 is 17.7 Å². The minimum Gasteiger partial charge on any atom is -0.508 e. The molecule has 0 radical (unpaired) electrons. The molecule has 3 rings (SSSR count). The molecule has 0 bridgehead atoms. The van der Waals surface area contributed by atoms with Gasteiger partial charge in [0.15, 0.2) is 6.29 Å². The average molecular weight is 411 g/mol. The van der Waals surface area contributed by atoms with E-state index in [4.69, 9.17) is 14.6 Å². The monoisotopic (exact) mass is 411 g/mol. The number of aromatic nitrogens is 1. The number of aromatic hydroxyl groups is 1. The normalized spacial score (nSPS) is 22.3. The summed E-state index contributed by atoms with van der Waals surface area (Å²) in [5, 5.41) is 19.2. The summed E-state index contributed by atoms with van der Waals surface area (Å²) in [7, 11) is 0. The van der Waals surface area contributed by atoms with Gasteiger partial charge >= 0.3 is 5.97 Å². The highest BCUT2D eigenvalue weighted by atomic mass is 16.7. The number of carboxylic acids is 1. The Hall–Kier alpha value is -2.70. The largest absolute Gasteiger partial charge is 0.508 e. The van der Waals surface area contributed by atoms with Gasteiger partial charge in [0.1, 0.15) is 5.75 Å². The van der Waals surface area contributed by atoms with Gasteiger partial charge in [-0.05, 0) is 30.5 Å². The number of pyridine rings is 1. The third-order valence-corrected chi connectivity index (χ3v) is 5.53. The summed E-state index contributed by atoms with van der Waals surface area (Å²) in [5.41, 5.74) is 1.31. The van der Waals surface area contributed by atoms with Crippen molar-refractivity contribution in [2.75, 3.05) is 6.61 Å². The molecule has 0 spiro atoms. The fourth-order valence-corrected chi connectivity index (χ4v) is 3.68. The van der Waals surface area contributed by atoms with E-state index in [2.05, 4.69) is 18.8 Å². The second-order valence-corrected chi connectivity index (χ2v) is 8.14. The zero-order chi connectivity index (χ0) is 21.6. The number of carbonyl (C=O) groups is 1. The Morgan fingerprint density at radius 2 is 2.03 bits per heavy atom. The van der Waals surface area contributed by atoms with Crippen molar-refractivity contribution in [3.63, 3.8) is 0 Å². The van der Waals surface area contributed by atoms with E-state index in [1.54, 1.807) is 18.3 Å². The van der Waals surface area contributed by atoms with Crippen LogP contribution in [0.4, 0.5) is 0 Å². The van der Waals surface area contributed by atoms with Gasteiger partial charge in [0, 0.05) is 35.7 Å². The average Bonchev–Trinajstić information content (AvgIpc) is 2.74. The van der Waals surface area contributed by atoms with Crippen molar-refractivity contribution in [1.82, 2.24) is 4.98 Å². The molecule has 0 amide bonds. The maximum Gasteiger partial charge on any atom is 0.303 e. The number of carboxylic acid groups (broad SMARTS) is 1. The second-order valence-electron chi connectivity index (χ2n) is 8.14. The molecule has 1 aliphatic heterocycles. The lowest BCUT2D eigenvalue weighted by Crippen LogP contribution is -2.45. The van der Waals surface area contributed by atoms with Crippen LogP contribution in [0.25, 0.3) is 0 Å². The summed E-state index contributed by atoms with van der Waals surface area (Å²) in [6, 6.07) is 11.1. The first kappa shape index (κ1) is 22.0. The summed E-state index contributed by atoms with van der Waals surface area (Å²) in [5.74, 6) is -0.612. The molecule has 2 N–H and O–H groups in total. The molecule has 30 heavy (non-hydrogen) atoms. The van der Waals surface area contributed by atoms with E-state index in [1.165, 1.54) is 0 Å². The molecule has 2 heterocycles. The first-order chi connectivity index (χ1) is 14.4. The molecule has 1 saturated heterocycles. The van der Waals surface area contributed by atoms with Crippen LogP contribution in [0.2, 0.25) is 0 Å². The number of rotatable bonds is 8. The molecule has 3 atom stereocenters. The van der Waals surface area contributed by atoms with Gasteiger partial charge in [0.05, 0.1) is 12.7 Å². The summed E-state index contributed by atoms with van der Waals surface area (Å²) in [6.07, 6.45) is 7.82. The van der Waals surface area contributed by atoms with Gasteiger partial charge in [-0.2, -0.15) is 0 Å². The van der Waals surface area contributed by atoms with Crippen molar-refractivity contribution in [3.8, 4) is 5.75 Å². The Balaban J connectivity index is 1.79. The highest BCUT2D eigenvalue weighted by molar-refractivity contribution is 5.66. The van der Waals surface area contributed by atoms with E-state index in [0.717, 1.165) is 11.1 Å². The van der Waals surface area contributed by atoms with Crippen molar-refractivity contribution in [2.24, 2.45) is 5.92 Å². The predicted molar refractivity (Wildman–Crippen MR) is 113 cm³/mol. The second kappa shape index (κ2) is 9.87. The minimum absolute atomic E-state index is 0.000302. The van der Waals surface area contributed by atoms with E-state index >= 15 is 0 Å². The summed E-state index contributed by atoms with van der Waals surface area (Å²) >= 11 is 0. The molecular formula is C24H29NO5. The fraction of sp³-hybridized carbons (Fsp3) is 0.417. The SMILES string of the molecule is CC(C)(c1cccnc1)[C@H]1OC[C@@H](C/C=C\CCC(=O)O)[C@@H](c2ccccc2O)O1. The van der Waals surface area contributed by atoms with Gasteiger partial charge in [0.2, 0.25) is 0 Å². The number of para-hydroxylation sites is 1. The first-order valence-electron chi connectivity index (χ1n) is 10.2. The Bertz CT molecular complexity index is 865. The maximum absolute atomic E-state index is 10.7. The molecule has 0 aliphatic carbocycles. The Morgan fingerprint density at radius 3 is 2.73 bits per heavy atom. The zero-order valence-corrected chi connectivity index (χ0v) is 17.4. The molecule has 1 fully saturated rings. The van der Waals surface area contributed by atoms with Crippen LogP contribution in [0.5, 0.6) is 5.75 Å². The van der Waals surface area contributed by atoms with Crippen LogP contribution >= 0.6 is 0 Å². The summed E-state index contributed by atoms with van der Waals surface area (Å²) in [4.78, 5) is 14.9. The number of hydrogen-bond donors (Lipinski definition) is 2. The molecule has 160 valence electrons. The Morgan fingerprint density at radius 1 is 1.23 bits per heavy atom. The third-order valence-electron chi connectivity index (χ3n) is 5.53. The van der Waals surface area contributed by atoms with Crippen LogP contribution in [0.3, 0.4) is 0 Å². The molecule has 6 heteroatoms. The van der Waals surface area contributed by atoms with Gasteiger partial charge < -0.3 is 19.7 Å². The van der Waals surface area contributed by atoms with Crippen LogP contribution in [-0.2, 0) is 19.7 Å². The number of nitrogens with zero attached hydrogens (tertiary/aromatic N) is 1. The lowest BCUT2D eigenvalue weighted by molar-refractivity contribution is -0.262. The van der Waals surface area contributed by atoms with E-state index in [0.29, 0.717) is 19.4 Å². The van der Waals surface area contributed by atoms with Crippen molar-refractivity contribution in [1.29, 1.82) is 0 Å². The molecule has 2 aromatic rings. The molecule has 1 aromatic carbocycles. The van der Waals surface area contributed by atoms with Crippen LogP contribution in [0.15, 0.2) is 60.9 Å². The van der Waals surface area contributed by atoms with Gasteiger partial charge in [-0.15, -0.1) is 0 Å². The van der Waals surface area contributed by atoms with Gasteiger partial charge in [-0.3, -0.25) is 9.78 Å². The molecular weight excluding hydrogens is 382 g/mol. The quantitative estimate of drug-likeness (QED) is 0.617. The summed E-state index contributed by atoms with van der Waals surface area (Å²) < 4.78 is 12.6. The Labute approximate surface area is 177 Å². The zero-order valence-electron chi connectivity index (χ0n) is 17.4. The van der Waals surface area contributed by atoms with Crippen LogP contribution < -0.4 is 0 Å². The van der Waals surface area contributed by atoms with E-state index in [-0.39, 0.29) is 24.2 Å². The van der Waals surface area contributed by atoms with Gasteiger partial charge in [0.25, 0.3) is 0 Å². The lowest BCUT2D eigenvalue weighted by atomic mass is 9.83. The smallest absolute Gasteiger partial charge is 0.303 e. The molecule has 0 saturated carbocycles. The number of phenols is 1. The highest BCUT2D eigenvalue weighted by Gasteiger charge is 2.42. The molecule has 6 nitrogen and oxygen atoms in total. The standard InChI is InChI=1S/C24H29NO5/c1-24(2,18-10-8-14-25-15-18)23-29-16-17(9-4-3-5-13-21(27)28)22(30-23)19-11-6-7-12-20(19)26/h3-4,6-8,10-12,14-15,17,22-23,26H,5,9,13,16H2,1-2H3,(H,27,28)/b4-3-/t17-,22+,23+/m1/s1. The number of phenolic OH excluding ortho intramolecular Hbond substituents is 1. The fourth-order valence-electron chi connectivity index (χ4n) is 3.68. The number of ether oxygens (including phenoxy) is 2. The van der Waals surface area contributed by atoms with Crippen molar-refractivity contribution in [3.05, 3.63) is 72.1 Å². The minimum atomic E-state index is -0.809. The van der Waals surface area contributed by atoms with Gasteiger partial charge in [-0.25, -0.2) is 0 Å². The van der Waals surface area contributed by atoms with Gasteiger partial charge in [-0.1, -0.05) is 50.3 Å². The van der Waals surface area contributed by atoms with Crippen molar-refractivity contribution >= 4 is 5.97 Å².